The zero-order valence-corrected chi connectivity index (χ0v) is 41.3. The average Bonchev–Trinajstić information content (AvgIpc) is 3.32. The Bertz CT molecular complexity index is 2810. The fourth-order valence-electron chi connectivity index (χ4n) is 6.32. The molecule has 21 heteroatoms. The normalized spacial score (nSPS) is 12.0. The Kier molecular flexibility index (Phi) is 20.0. The minimum atomic E-state index is -1.64. The van der Waals surface area contributed by atoms with E-state index >= 15 is 0 Å². The molecule has 5 rings (SSSR count). The van der Waals surface area contributed by atoms with Gasteiger partial charge in [-0.25, -0.2) is 0 Å². The highest BCUT2D eigenvalue weighted by Gasteiger charge is 2.26. The lowest BCUT2D eigenvalue weighted by molar-refractivity contribution is -0.127. The first-order valence-corrected chi connectivity index (χ1v) is 23.4. The second-order valence-electron chi connectivity index (χ2n) is 14.8. The average molecular weight is 1040 g/mol. The Morgan fingerprint density at radius 2 is 1.01 bits per heavy atom. The fourth-order valence-corrected chi connectivity index (χ4v) is 7.17. The van der Waals surface area contributed by atoms with E-state index < -0.39 is 47.3 Å². The second-order valence-corrected chi connectivity index (χ2v) is 16.5. The van der Waals surface area contributed by atoms with Crippen LogP contribution in [0.25, 0.3) is 0 Å². The monoisotopic (exact) mass is 1040 g/mol. The van der Waals surface area contributed by atoms with Gasteiger partial charge in [-0.3, -0.25) is 28.8 Å². The number of carbonyl (C=O) groups excluding carboxylic acids is 6. The minimum absolute atomic E-state index is 0.00981. The summed E-state index contributed by atoms with van der Waals surface area (Å²) in [6.45, 7) is 6.65. The number of halogens is 5. The number of azo groups is 2. The third-order valence-electron chi connectivity index (χ3n) is 9.73. The number of Topliss-reactive ketones (excluding diaryl/α,β-unsaturated/α-hetero) is 2. The standard InChI is InChI=1S/C48H45Cl5N8O8/c1-5-68-41-15-7-28(24-50)19-39(41)56-45(64)31-9-12-34(52)37(22-31)58-60-43(26(3)62)47(66)54-33-11-14-36(30(21-33)17-18-49)55-48(67)44(27(4)63)61-59-38-23-32(10-13-35(38)53)46(65)57-40-20-29(25-51)8-16-42(40)69-6-2/h7-16,19-23,43-44H,5-6,17-18,24-25H2,1-4H3,(H,54,66)(H,55,67)(H,56,64)(H,57,65). The van der Waals surface area contributed by atoms with Gasteiger partial charge in [-0.15, -0.1) is 34.8 Å². The molecular formula is C48H45Cl5N8O8. The molecule has 0 heterocycles. The van der Waals surface area contributed by atoms with E-state index in [-0.39, 0.29) is 68.0 Å². The highest BCUT2D eigenvalue weighted by Crippen LogP contribution is 2.32. The van der Waals surface area contributed by atoms with E-state index in [0.717, 1.165) is 25.0 Å². The Morgan fingerprint density at radius 1 is 0.551 bits per heavy atom. The van der Waals surface area contributed by atoms with Crippen LogP contribution in [0.15, 0.2) is 111 Å². The number of ether oxygens (including phenoxy) is 2. The summed E-state index contributed by atoms with van der Waals surface area (Å²) < 4.78 is 11.3. The number of anilines is 4. The molecule has 0 radical (unpaired) electrons. The molecule has 4 amide bonds. The number of carbonyl (C=O) groups is 6. The van der Waals surface area contributed by atoms with Crippen molar-refractivity contribution in [1.82, 2.24) is 0 Å². The molecule has 0 bridgehead atoms. The van der Waals surface area contributed by atoms with Crippen molar-refractivity contribution in [2.24, 2.45) is 20.5 Å². The lowest BCUT2D eigenvalue weighted by atomic mass is 10.1. The molecule has 69 heavy (non-hydrogen) atoms. The molecule has 0 spiro atoms. The summed E-state index contributed by atoms with van der Waals surface area (Å²) in [4.78, 5) is 79.1. The van der Waals surface area contributed by atoms with Gasteiger partial charge in [-0.1, -0.05) is 35.3 Å². The van der Waals surface area contributed by atoms with Gasteiger partial charge in [-0.05, 0) is 130 Å². The van der Waals surface area contributed by atoms with Crippen LogP contribution in [0.3, 0.4) is 0 Å². The van der Waals surface area contributed by atoms with Gasteiger partial charge in [-0.2, -0.15) is 20.5 Å². The summed E-state index contributed by atoms with van der Waals surface area (Å²) in [6, 6.07) is 20.0. The van der Waals surface area contributed by atoms with Crippen molar-refractivity contribution in [3.05, 3.63) is 129 Å². The molecule has 0 aromatic heterocycles. The third-order valence-corrected chi connectivity index (χ3v) is 11.2. The number of aryl methyl sites for hydroxylation is 1. The number of rotatable bonds is 22. The van der Waals surface area contributed by atoms with Crippen molar-refractivity contribution in [2.75, 3.05) is 40.4 Å². The molecule has 0 aliphatic rings. The van der Waals surface area contributed by atoms with Crippen LogP contribution in [0.2, 0.25) is 10.0 Å². The lowest BCUT2D eigenvalue weighted by Crippen LogP contribution is -2.32. The van der Waals surface area contributed by atoms with Crippen molar-refractivity contribution in [3.63, 3.8) is 0 Å². The summed E-state index contributed by atoms with van der Waals surface area (Å²) in [6.07, 6.45) is 0.198. The number of ketones is 2. The van der Waals surface area contributed by atoms with Crippen molar-refractivity contribution in [3.8, 4) is 11.5 Å². The summed E-state index contributed by atoms with van der Waals surface area (Å²) >= 11 is 30.9. The van der Waals surface area contributed by atoms with E-state index in [1.807, 2.05) is 13.8 Å². The maximum atomic E-state index is 13.6. The topological polar surface area (TPSA) is 218 Å². The molecule has 0 saturated heterocycles. The number of nitrogens with one attached hydrogen (secondary N) is 4. The zero-order valence-electron chi connectivity index (χ0n) is 37.5. The van der Waals surface area contributed by atoms with E-state index in [1.54, 1.807) is 36.4 Å². The Morgan fingerprint density at radius 3 is 1.43 bits per heavy atom. The van der Waals surface area contributed by atoms with Gasteiger partial charge in [0.2, 0.25) is 12.1 Å². The highest BCUT2D eigenvalue weighted by molar-refractivity contribution is 6.33. The Balaban J connectivity index is 1.29. The maximum Gasteiger partial charge on any atom is 0.258 e. The molecule has 0 fully saturated rings. The van der Waals surface area contributed by atoms with Gasteiger partial charge >= 0.3 is 0 Å². The number of nitrogens with zero attached hydrogens (tertiary/aromatic N) is 4. The smallest absolute Gasteiger partial charge is 0.258 e. The third kappa shape index (κ3) is 14.8. The highest BCUT2D eigenvalue weighted by atomic mass is 35.5. The molecule has 0 saturated carbocycles. The number of amides is 4. The lowest BCUT2D eigenvalue weighted by Gasteiger charge is -2.16. The number of hydrogen-bond acceptors (Lipinski definition) is 12. The number of benzene rings is 5. The molecule has 5 aromatic carbocycles. The fraction of sp³-hybridized carbons (Fsp3) is 0.250. The van der Waals surface area contributed by atoms with E-state index in [0.29, 0.717) is 41.7 Å². The van der Waals surface area contributed by atoms with Crippen molar-refractivity contribution in [2.45, 2.75) is 58.0 Å². The van der Waals surface area contributed by atoms with Crippen LogP contribution in [0.1, 0.15) is 65.1 Å². The van der Waals surface area contributed by atoms with Crippen LogP contribution in [0.5, 0.6) is 11.5 Å². The van der Waals surface area contributed by atoms with Crippen LogP contribution in [-0.4, -0.2) is 66.4 Å². The van der Waals surface area contributed by atoms with E-state index in [9.17, 15) is 28.8 Å². The molecule has 2 unspecified atom stereocenters. The van der Waals surface area contributed by atoms with Gasteiger partial charge in [0.05, 0.1) is 34.6 Å². The van der Waals surface area contributed by atoms with E-state index in [4.69, 9.17) is 67.5 Å². The first kappa shape index (κ1) is 53.5. The summed E-state index contributed by atoms with van der Waals surface area (Å²) in [5.41, 5.74) is 3.52. The van der Waals surface area contributed by atoms with Crippen LogP contribution in [0, 0.1) is 0 Å². The first-order valence-electron chi connectivity index (χ1n) is 21.1. The zero-order chi connectivity index (χ0) is 50.2. The molecular weight excluding hydrogens is 994 g/mol. The first-order chi connectivity index (χ1) is 33.1. The quantitative estimate of drug-likeness (QED) is 0.0296. The van der Waals surface area contributed by atoms with E-state index in [1.165, 1.54) is 54.6 Å². The molecule has 0 aliphatic carbocycles. The Hall–Kier alpha value is -6.43. The predicted octanol–water partition coefficient (Wildman–Crippen LogP) is 11.9. The van der Waals surface area contributed by atoms with Crippen LogP contribution >= 0.6 is 58.0 Å². The van der Waals surface area contributed by atoms with Crippen LogP contribution in [-0.2, 0) is 37.4 Å². The molecule has 16 nitrogen and oxygen atoms in total. The molecule has 360 valence electrons. The summed E-state index contributed by atoms with van der Waals surface area (Å²) in [5, 5.41) is 27.2. The molecule has 2 atom stereocenters. The van der Waals surface area contributed by atoms with Gasteiger partial charge in [0, 0.05) is 40.1 Å². The minimum Gasteiger partial charge on any atom is -0.492 e. The van der Waals surface area contributed by atoms with Gasteiger partial charge < -0.3 is 30.7 Å². The molecule has 4 N–H and O–H groups in total. The van der Waals surface area contributed by atoms with Gasteiger partial charge in [0.25, 0.3) is 23.6 Å². The maximum absolute atomic E-state index is 13.6. The second kappa shape index (κ2) is 25.8. The SMILES string of the molecule is CCOc1ccc(CCl)cc1NC(=O)c1ccc(Cl)c(N=NC(C(C)=O)C(=O)Nc2ccc(NC(=O)C(N=Nc3cc(C(=O)Nc4cc(CCl)ccc4OCC)ccc3Cl)C(C)=O)c(CCCl)c2)c1. The predicted molar refractivity (Wildman–Crippen MR) is 269 cm³/mol. The molecule has 0 aliphatic heterocycles. The van der Waals surface area contributed by atoms with Crippen LogP contribution < -0.4 is 30.7 Å². The van der Waals surface area contributed by atoms with Crippen molar-refractivity contribution in [1.29, 1.82) is 0 Å². The molecule has 5 aromatic rings. The largest absolute Gasteiger partial charge is 0.492 e. The van der Waals surface area contributed by atoms with E-state index in [2.05, 4.69) is 41.7 Å². The van der Waals surface area contributed by atoms with Crippen LogP contribution in [0.4, 0.5) is 34.1 Å². The summed E-state index contributed by atoms with van der Waals surface area (Å²) in [5.74, 6) is -2.65. The van der Waals surface area contributed by atoms with Gasteiger partial charge in [0.15, 0.2) is 11.6 Å². The Labute approximate surface area is 422 Å². The van der Waals surface area contributed by atoms with Crippen molar-refractivity contribution < 1.29 is 38.2 Å². The van der Waals surface area contributed by atoms with Gasteiger partial charge in [0.1, 0.15) is 22.9 Å². The van der Waals surface area contributed by atoms with Crippen molar-refractivity contribution >= 4 is 127 Å². The summed E-state index contributed by atoms with van der Waals surface area (Å²) in [7, 11) is 0. The number of alkyl halides is 3. The number of hydrogen-bond donors (Lipinski definition) is 4.